The van der Waals surface area contributed by atoms with Crippen molar-refractivity contribution in [2.45, 2.75) is 25.7 Å². The van der Waals surface area contributed by atoms with Crippen molar-refractivity contribution in [1.29, 1.82) is 0 Å². The van der Waals surface area contributed by atoms with E-state index in [1.807, 2.05) is 43.3 Å². The van der Waals surface area contributed by atoms with Crippen molar-refractivity contribution in [3.05, 3.63) is 24.3 Å². The predicted molar refractivity (Wildman–Crippen MR) is 97.3 cm³/mol. The van der Waals surface area contributed by atoms with Crippen molar-refractivity contribution in [1.82, 2.24) is 10.2 Å². The summed E-state index contributed by atoms with van der Waals surface area (Å²) in [5, 5.41) is 5.28. The molecule has 6 nitrogen and oxygen atoms in total. The second-order valence-corrected chi connectivity index (χ2v) is 6.46. The van der Waals surface area contributed by atoms with E-state index in [1.54, 1.807) is 0 Å². The first-order valence-corrected chi connectivity index (χ1v) is 8.65. The van der Waals surface area contributed by atoms with Gasteiger partial charge in [-0.15, -0.1) is 0 Å². The van der Waals surface area contributed by atoms with E-state index in [4.69, 9.17) is 0 Å². The Morgan fingerprint density at radius 1 is 1.04 bits per heavy atom. The summed E-state index contributed by atoms with van der Waals surface area (Å²) in [7, 11) is 3.95. The summed E-state index contributed by atoms with van der Waals surface area (Å²) in [5.74, 6) is -1.21. The summed E-state index contributed by atoms with van der Waals surface area (Å²) in [6.45, 7) is 3.54. The molecule has 1 fully saturated rings. The lowest BCUT2D eigenvalue weighted by Gasteiger charge is -2.28. The van der Waals surface area contributed by atoms with Crippen LogP contribution in [0.2, 0.25) is 0 Å². The van der Waals surface area contributed by atoms with Gasteiger partial charge in [0.25, 0.3) is 0 Å². The Morgan fingerprint density at radius 2 is 1.71 bits per heavy atom. The second-order valence-electron chi connectivity index (χ2n) is 6.46. The molecule has 0 unspecified atom stereocenters. The maximum Gasteiger partial charge on any atom is 0.313 e. The van der Waals surface area contributed by atoms with Gasteiger partial charge in [0.1, 0.15) is 0 Å². The number of piperidine rings is 1. The molecule has 2 N–H and O–H groups in total. The molecule has 1 aliphatic rings. The van der Waals surface area contributed by atoms with E-state index in [1.165, 1.54) is 24.9 Å². The van der Waals surface area contributed by atoms with Gasteiger partial charge in [-0.05, 0) is 70.6 Å². The first-order chi connectivity index (χ1) is 11.6. The van der Waals surface area contributed by atoms with Crippen molar-refractivity contribution in [3.8, 4) is 0 Å². The van der Waals surface area contributed by atoms with E-state index in [9.17, 15) is 9.59 Å². The van der Waals surface area contributed by atoms with Crippen molar-refractivity contribution in [2.24, 2.45) is 0 Å². The number of carbonyl (C=O) groups is 2. The number of rotatable bonds is 6. The van der Waals surface area contributed by atoms with Gasteiger partial charge in [0.15, 0.2) is 0 Å². The Morgan fingerprint density at radius 3 is 2.33 bits per heavy atom. The normalized spacial score (nSPS) is 14.5. The fraction of sp³-hybridized carbons (Fsp3) is 0.556. The molecule has 0 spiro atoms. The van der Waals surface area contributed by atoms with Crippen LogP contribution in [0.25, 0.3) is 0 Å². The minimum Gasteiger partial charge on any atom is -0.372 e. The maximum absolute atomic E-state index is 11.9. The molecule has 0 bridgehead atoms. The molecule has 1 heterocycles. The molecule has 0 aliphatic carbocycles. The molecule has 132 valence electrons. The molecule has 1 aromatic rings. The van der Waals surface area contributed by atoms with Crippen LogP contribution in [0.3, 0.4) is 0 Å². The van der Waals surface area contributed by atoms with Crippen LogP contribution in [-0.4, -0.2) is 57.0 Å². The predicted octanol–water partition coefficient (Wildman–Crippen LogP) is 1.68. The molecule has 1 aromatic carbocycles. The van der Waals surface area contributed by atoms with Gasteiger partial charge in [0.2, 0.25) is 0 Å². The third-order valence-electron chi connectivity index (χ3n) is 4.12. The zero-order valence-electron chi connectivity index (χ0n) is 14.7. The third kappa shape index (κ3) is 5.85. The lowest BCUT2D eigenvalue weighted by Crippen LogP contribution is -2.36. The highest BCUT2D eigenvalue weighted by molar-refractivity contribution is 6.39. The zero-order chi connectivity index (χ0) is 17.4. The van der Waals surface area contributed by atoms with E-state index < -0.39 is 11.8 Å². The van der Waals surface area contributed by atoms with Gasteiger partial charge in [-0.2, -0.15) is 0 Å². The van der Waals surface area contributed by atoms with Gasteiger partial charge >= 0.3 is 11.8 Å². The van der Waals surface area contributed by atoms with Crippen LogP contribution in [0, 0.1) is 0 Å². The Labute approximate surface area is 144 Å². The van der Waals surface area contributed by atoms with Crippen LogP contribution in [0.4, 0.5) is 11.4 Å². The smallest absolute Gasteiger partial charge is 0.313 e. The fourth-order valence-corrected chi connectivity index (χ4v) is 2.77. The van der Waals surface area contributed by atoms with Crippen molar-refractivity contribution < 1.29 is 9.59 Å². The summed E-state index contributed by atoms with van der Waals surface area (Å²) in [6, 6.07) is 7.69. The molecular formula is C18H28N4O2. The van der Waals surface area contributed by atoms with Crippen LogP contribution < -0.4 is 15.5 Å². The van der Waals surface area contributed by atoms with E-state index >= 15 is 0 Å². The molecule has 1 aliphatic heterocycles. The number of nitrogens with zero attached hydrogens (tertiary/aromatic N) is 2. The number of anilines is 2. The second kappa shape index (κ2) is 9.27. The highest BCUT2D eigenvalue weighted by Gasteiger charge is 2.14. The van der Waals surface area contributed by atoms with Crippen LogP contribution in [-0.2, 0) is 9.59 Å². The molecular weight excluding hydrogens is 304 g/mol. The summed E-state index contributed by atoms with van der Waals surface area (Å²) in [6.07, 6.45) is 4.57. The number of hydrogen-bond donors (Lipinski definition) is 2. The number of hydrogen-bond acceptors (Lipinski definition) is 4. The Balaban J connectivity index is 1.77. The van der Waals surface area contributed by atoms with Gasteiger partial charge in [0, 0.05) is 31.0 Å². The van der Waals surface area contributed by atoms with Crippen molar-refractivity contribution in [3.63, 3.8) is 0 Å². The Bertz CT molecular complexity index is 536. The number of nitrogens with one attached hydrogen (secondary N) is 2. The summed E-state index contributed by atoms with van der Waals surface area (Å²) < 4.78 is 0. The summed E-state index contributed by atoms with van der Waals surface area (Å²) >= 11 is 0. The number of amides is 2. The largest absolute Gasteiger partial charge is 0.372 e. The van der Waals surface area contributed by atoms with Gasteiger partial charge in [-0.25, -0.2) is 0 Å². The van der Waals surface area contributed by atoms with E-state index in [0.717, 1.165) is 26.1 Å². The summed E-state index contributed by atoms with van der Waals surface area (Å²) in [4.78, 5) is 28.0. The van der Waals surface area contributed by atoms with Crippen LogP contribution in [0.1, 0.15) is 25.7 Å². The maximum atomic E-state index is 11.9. The lowest BCUT2D eigenvalue weighted by molar-refractivity contribution is -0.136. The molecule has 0 saturated carbocycles. The molecule has 1 saturated heterocycles. The van der Waals surface area contributed by atoms with E-state index in [-0.39, 0.29) is 0 Å². The molecule has 2 amide bonds. The standard InChI is InChI=1S/C18H28N4O2/c1-21(2)12-6-11-19-17(23)18(24)20-15-7-9-16(10-8-15)22-13-4-3-5-14-22/h7-10H,3-6,11-14H2,1-2H3,(H,19,23)(H,20,24). The number of carbonyl (C=O) groups excluding carboxylic acids is 2. The molecule has 0 aromatic heterocycles. The fourth-order valence-electron chi connectivity index (χ4n) is 2.77. The highest BCUT2D eigenvalue weighted by atomic mass is 16.2. The topological polar surface area (TPSA) is 64.7 Å². The number of benzene rings is 1. The minimum absolute atomic E-state index is 0.498. The average molecular weight is 332 g/mol. The zero-order valence-corrected chi connectivity index (χ0v) is 14.7. The van der Waals surface area contributed by atoms with Gasteiger partial charge in [0.05, 0.1) is 0 Å². The van der Waals surface area contributed by atoms with Gasteiger partial charge < -0.3 is 20.4 Å². The minimum atomic E-state index is -0.620. The quantitative estimate of drug-likeness (QED) is 0.614. The molecule has 2 rings (SSSR count). The van der Waals surface area contributed by atoms with Gasteiger partial charge in [-0.1, -0.05) is 0 Å². The SMILES string of the molecule is CN(C)CCCNC(=O)C(=O)Nc1ccc(N2CCCCC2)cc1. The van der Waals surface area contributed by atoms with Crippen LogP contribution >= 0.6 is 0 Å². The average Bonchev–Trinajstić information content (AvgIpc) is 2.59. The van der Waals surface area contributed by atoms with Crippen molar-refractivity contribution >= 4 is 23.2 Å². The van der Waals surface area contributed by atoms with Crippen LogP contribution in [0.15, 0.2) is 24.3 Å². The molecule has 0 atom stereocenters. The summed E-state index contributed by atoms with van der Waals surface area (Å²) in [5.41, 5.74) is 1.81. The van der Waals surface area contributed by atoms with Crippen LogP contribution in [0.5, 0.6) is 0 Å². The lowest BCUT2D eigenvalue weighted by atomic mass is 10.1. The monoisotopic (exact) mass is 332 g/mol. The van der Waals surface area contributed by atoms with Gasteiger partial charge in [-0.3, -0.25) is 9.59 Å². The van der Waals surface area contributed by atoms with E-state index in [2.05, 4.69) is 15.5 Å². The van der Waals surface area contributed by atoms with E-state index in [0.29, 0.717) is 12.2 Å². The molecule has 24 heavy (non-hydrogen) atoms. The third-order valence-corrected chi connectivity index (χ3v) is 4.12. The van der Waals surface area contributed by atoms with Crippen molar-refractivity contribution in [2.75, 3.05) is 50.5 Å². The molecule has 6 heteroatoms. The molecule has 0 radical (unpaired) electrons. The first kappa shape index (κ1) is 18.3. The highest BCUT2D eigenvalue weighted by Crippen LogP contribution is 2.21. The Hall–Kier alpha value is -2.08. The Kier molecular flexibility index (Phi) is 7.06. The first-order valence-electron chi connectivity index (χ1n) is 8.65.